The molecule has 0 saturated carbocycles. The second-order valence-electron chi connectivity index (χ2n) is 6.13. The lowest BCUT2D eigenvalue weighted by Gasteiger charge is -2.33. The van der Waals surface area contributed by atoms with E-state index in [-0.39, 0.29) is 34.0 Å². The third-order valence-electron chi connectivity index (χ3n) is 4.42. The van der Waals surface area contributed by atoms with Crippen LogP contribution in [0.1, 0.15) is 22.0 Å². The van der Waals surface area contributed by atoms with E-state index in [1.165, 1.54) is 43.4 Å². The Morgan fingerprint density at radius 3 is 2.54 bits per heavy atom. The Bertz CT molecular complexity index is 999. The first-order valence-electron chi connectivity index (χ1n) is 8.32. The van der Waals surface area contributed by atoms with E-state index in [4.69, 9.17) is 27.9 Å². The maximum Gasteiger partial charge on any atom is 0.254 e. The summed E-state index contributed by atoms with van der Waals surface area (Å²) in [6.45, 7) is 0.777. The van der Waals surface area contributed by atoms with Crippen LogP contribution in [-0.4, -0.2) is 46.0 Å². The smallest absolute Gasteiger partial charge is 0.254 e. The molecule has 0 aromatic heterocycles. The van der Waals surface area contributed by atoms with E-state index in [9.17, 15) is 17.6 Å². The van der Waals surface area contributed by atoms with Crippen LogP contribution in [0.4, 0.5) is 4.39 Å². The van der Waals surface area contributed by atoms with Crippen LogP contribution in [0.15, 0.2) is 41.3 Å². The third kappa shape index (κ3) is 4.31. The average molecular weight is 447 g/mol. The summed E-state index contributed by atoms with van der Waals surface area (Å²) in [5, 5.41) is 0.168. The van der Waals surface area contributed by atoms with Gasteiger partial charge in [0.05, 0.1) is 23.1 Å². The average Bonchev–Trinajstić information content (AvgIpc) is 2.70. The van der Waals surface area contributed by atoms with Crippen molar-refractivity contribution in [2.75, 3.05) is 26.7 Å². The minimum absolute atomic E-state index is 0.0647. The lowest BCUT2D eigenvalue weighted by molar-refractivity contribution is -0.0228. The summed E-state index contributed by atoms with van der Waals surface area (Å²) in [6, 6.07) is 8.14. The highest BCUT2D eigenvalue weighted by Crippen LogP contribution is 2.32. The largest absolute Gasteiger partial charge is 0.370 e. The van der Waals surface area contributed by atoms with E-state index in [0.29, 0.717) is 17.7 Å². The molecule has 6 nitrogen and oxygen atoms in total. The van der Waals surface area contributed by atoms with Crippen molar-refractivity contribution in [1.29, 1.82) is 0 Å². The number of amides is 1. The van der Waals surface area contributed by atoms with E-state index in [2.05, 4.69) is 4.72 Å². The fourth-order valence-electron chi connectivity index (χ4n) is 2.88. The van der Waals surface area contributed by atoms with Gasteiger partial charge in [-0.25, -0.2) is 17.5 Å². The first kappa shape index (κ1) is 21.0. The quantitative estimate of drug-likeness (QED) is 0.731. The SMILES string of the molecule is CNS(=O)(=O)c1ccc(C(=O)N2CCOC(c3cc(F)c(Cl)cc3Cl)C2)cc1. The number of sulfonamides is 1. The minimum atomic E-state index is -3.58. The molecule has 0 spiro atoms. The number of hydrogen-bond donors (Lipinski definition) is 1. The molecule has 1 atom stereocenters. The Kier molecular flexibility index (Phi) is 6.26. The molecular weight excluding hydrogens is 430 g/mol. The fraction of sp³-hybridized carbons (Fsp3) is 0.278. The summed E-state index contributed by atoms with van der Waals surface area (Å²) in [7, 11) is -2.27. The van der Waals surface area contributed by atoms with Gasteiger partial charge >= 0.3 is 0 Å². The Labute approximate surface area is 172 Å². The maximum absolute atomic E-state index is 13.8. The summed E-state index contributed by atoms with van der Waals surface area (Å²) < 4.78 is 45.3. The van der Waals surface area contributed by atoms with Crippen LogP contribution in [0.2, 0.25) is 10.0 Å². The maximum atomic E-state index is 13.8. The number of morpholine rings is 1. The number of rotatable bonds is 4. The van der Waals surface area contributed by atoms with E-state index < -0.39 is 21.9 Å². The molecular formula is C18H17Cl2FN2O4S. The van der Waals surface area contributed by atoms with Gasteiger partial charge in [0.25, 0.3) is 5.91 Å². The number of nitrogens with zero attached hydrogens (tertiary/aromatic N) is 1. The van der Waals surface area contributed by atoms with Crippen LogP contribution in [0.25, 0.3) is 0 Å². The lowest BCUT2D eigenvalue weighted by atomic mass is 10.1. The van der Waals surface area contributed by atoms with Crippen LogP contribution >= 0.6 is 23.2 Å². The zero-order valence-electron chi connectivity index (χ0n) is 14.8. The summed E-state index contributed by atoms with van der Waals surface area (Å²) in [4.78, 5) is 14.4. The Hall–Kier alpha value is -1.71. The molecule has 1 amide bonds. The molecule has 1 aliphatic rings. The molecule has 2 aromatic carbocycles. The van der Waals surface area contributed by atoms with Crippen LogP contribution in [0, 0.1) is 5.82 Å². The van der Waals surface area contributed by atoms with Crippen molar-refractivity contribution in [1.82, 2.24) is 9.62 Å². The van der Waals surface area contributed by atoms with Crippen molar-refractivity contribution in [3.8, 4) is 0 Å². The zero-order chi connectivity index (χ0) is 20.5. The van der Waals surface area contributed by atoms with Crippen molar-refractivity contribution in [2.45, 2.75) is 11.0 Å². The predicted molar refractivity (Wildman–Crippen MR) is 104 cm³/mol. The summed E-state index contributed by atoms with van der Waals surface area (Å²) in [6.07, 6.45) is -0.596. The van der Waals surface area contributed by atoms with Gasteiger partial charge < -0.3 is 9.64 Å². The molecule has 1 N–H and O–H groups in total. The molecule has 10 heteroatoms. The third-order valence-corrected chi connectivity index (χ3v) is 6.47. The second-order valence-corrected chi connectivity index (χ2v) is 8.83. The van der Waals surface area contributed by atoms with Crippen molar-refractivity contribution in [3.63, 3.8) is 0 Å². The number of hydrogen-bond acceptors (Lipinski definition) is 4. The van der Waals surface area contributed by atoms with Gasteiger partial charge in [-0.3, -0.25) is 4.79 Å². The van der Waals surface area contributed by atoms with Gasteiger partial charge in [-0.1, -0.05) is 23.2 Å². The van der Waals surface area contributed by atoms with Crippen molar-refractivity contribution >= 4 is 39.1 Å². The van der Waals surface area contributed by atoms with E-state index in [1.54, 1.807) is 4.90 Å². The molecule has 0 aliphatic carbocycles. The summed E-state index contributed by atoms with van der Waals surface area (Å²) >= 11 is 11.9. The first-order valence-corrected chi connectivity index (χ1v) is 10.6. The molecule has 1 fully saturated rings. The topological polar surface area (TPSA) is 75.7 Å². The highest BCUT2D eigenvalue weighted by molar-refractivity contribution is 7.89. The predicted octanol–water partition coefficient (Wildman–Crippen LogP) is 3.25. The van der Waals surface area contributed by atoms with Gasteiger partial charge in [0.1, 0.15) is 11.9 Å². The van der Waals surface area contributed by atoms with E-state index >= 15 is 0 Å². The van der Waals surface area contributed by atoms with Gasteiger partial charge in [0.15, 0.2) is 0 Å². The molecule has 28 heavy (non-hydrogen) atoms. The Balaban J connectivity index is 1.79. The van der Waals surface area contributed by atoms with Crippen molar-refractivity contribution in [2.24, 2.45) is 0 Å². The highest BCUT2D eigenvalue weighted by Gasteiger charge is 2.28. The van der Waals surface area contributed by atoms with Crippen molar-refractivity contribution < 1.29 is 22.3 Å². The molecule has 2 aromatic rings. The minimum Gasteiger partial charge on any atom is -0.370 e. The summed E-state index contributed by atoms with van der Waals surface area (Å²) in [5.41, 5.74) is 0.751. The van der Waals surface area contributed by atoms with Gasteiger partial charge in [0.2, 0.25) is 10.0 Å². The number of carbonyl (C=O) groups is 1. The number of halogens is 3. The van der Waals surface area contributed by atoms with Crippen LogP contribution in [0.3, 0.4) is 0 Å². The molecule has 1 heterocycles. The van der Waals surface area contributed by atoms with Gasteiger partial charge in [-0.05, 0) is 43.4 Å². The highest BCUT2D eigenvalue weighted by atomic mass is 35.5. The Morgan fingerprint density at radius 2 is 1.89 bits per heavy atom. The van der Waals surface area contributed by atoms with Crippen LogP contribution in [0.5, 0.6) is 0 Å². The number of carbonyl (C=O) groups excluding carboxylic acids is 1. The first-order chi connectivity index (χ1) is 13.2. The molecule has 150 valence electrons. The molecule has 1 unspecified atom stereocenters. The number of nitrogens with one attached hydrogen (secondary N) is 1. The van der Waals surface area contributed by atoms with Gasteiger partial charge in [-0.15, -0.1) is 0 Å². The second kappa shape index (κ2) is 8.34. The molecule has 3 rings (SSSR count). The fourth-order valence-corrected chi connectivity index (χ4v) is 4.12. The molecule has 1 aliphatic heterocycles. The standard InChI is InChI=1S/C18H17Cl2FN2O4S/c1-22-28(25,26)12-4-2-11(3-5-12)18(24)23-6-7-27-17(10-23)13-8-16(21)15(20)9-14(13)19/h2-5,8-9,17,22H,6-7,10H2,1H3. The van der Waals surface area contributed by atoms with Crippen LogP contribution < -0.4 is 4.72 Å². The van der Waals surface area contributed by atoms with Crippen LogP contribution in [-0.2, 0) is 14.8 Å². The number of ether oxygens (including phenoxy) is 1. The zero-order valence-corrected chi connectivity index (χ0v) is 17.1. The molecule has 0 radical (unpaired) electrons. The summed E-state index contributed by atoms with van der Waals surface area (Å²) in [5.74, 6) is -0.901. The monoisotopic (exact) mass is 446 g/mol. The number of benzene rings is 2. The van der Waals surface area contributed by atoms with Crippen molar-refractivity contribution in [3.05, 3.63) is 63.4 Å². The molecule has 0 bridgehead atoms. The van der Waals surface area contributed by atoms with E-state index in [0.717, 1.165) is 0 Å². The lowest BCUT2D eigenvalue weighted by Crippen LogP contribution is -2.42. The molecule has 1 saturated heterocycles. The van der Waals surface area contributed by atoms with Gasteiger partial charge in [0, 0.05) is 22.7 Å². The van der Waals surface area contributed by atoms with E-state index in [1.807, 2.05) is 0 Å². The van der Waals surface area contributed by atoms with Gasteiger partial charge in [-0.2, -0.15) is 0 Å². The normalized spacial score (nSPS) is 17.6. The Morgan fingerprint density at radius 1 is 1.21 bits per heavy atom.